The van der Waals surface area contributed by atoms with Gasteiger partial charge in [-0.25, -0.2) is 4.79 Å². The van der Waals surface area contributed by atoms with Gasteiger partial charge in [0, 0.05) is 37.4 Å². The summed E-state index contributed by atoms with van der Waals surface area (Å²) in [6.45, 7) is 7.87. The lowest BCUT2D eigenvalue weighted by Crippen LogP contribution is -2.46. The second-order valence-corrected chi connectivity index (χ2v) is 7.99. The van der Waals surface area contributed by atoms with Crippen LogP contribution in [-0.2, 0) is 11.3 Å². The Morgan fingerprint density at radius 3 is 2.52 bits per heavy atom. The Kier molecular flexibility index (Phi) is 6.11. The van der Waals surface area contributed by atoms with Gasteiger partial charge >= 0.3 is 6.09 Å². The van der Waals surface area contributed by atoms with Crippen molar-refractivity contribution >= 4 is 6.09 Å². The summed E-state index contributed by atoms with van der Waals surface area (Å²) in [6, 6.07) is 14.8. The molecule has 0 bridgehead atoms. The minimum atomic E-state index is -0.445. The molecule has 1 amide bonds. The lowest BCUT2D eigenvalue weighted by molar-refractivity contribution is 0.0198. The van der Waals surface area contributed by atoms with Crippen molar-refractivity contribution in [2.45, 2.75) is 51.8 Å². The van der Waals surface area contributed by atoms with Crippen molar-refractivity contribution in [3.63, 3.8) is 0 Å². The summed E-state index contributed by atoms with van der Waals surface area (Å²) < 4.78 is 5.46. The van der Waals surface area contributed by atoms with E-state index < -0.39 is 5.60 Å². The van der Waals surface area contributed by atoms with Crippen LogP contribution in [0.15, 0.2) is 48.7 Å². The highest BCUT2D eigenvalue weighted by molar-refractivity contribution is 5.68. The van der Waals surface area contributed by atoms with E-state index in [-0.39, 0.29) is 6.09 Å². The van der Waals surface area contributed by atoms with Crippen molar-refractivity contribution < 1.29 is 9.53 Å². The van der Waals surface area contributed by atoms with Gasteiger partial charge in [0.25, 0.3) is 0 Å². The molecule has 1 N–H and O–H groups in total. The Hall–Kier alpha value is -2.40. The number of nitrogens with zero attached hydrogens (tertiary/aromatic N) is 2. The molecule has 0 aliphatic carbocycles. The lowest BCUT2D eigenvalue weighted by Gasteiger charge is -2.33. The molecule has 0 unspecified atom stereocenters. The number of piperidine rings is 1. The molecule has 5 nitrogen and oxygen atoms in total. The van der Waals surface area contributed by atoms with Crippen LogP contribution in [0.2, 0.25) is 0 Å². The van der Waals surface area contributed by atoms with Crippen molar-refractivity contribution in [3.05, 3.63) is 54.4 Å². The first kappa shape index (κ1) is 19.4. The van der Waals surface area contributed by atoms with Crippen LogP contribution in [0.5, 0.6) is 0 Å². The highest BCUT2D eigenvalue weighted by Gasteiger charge is 2.26. The van der Waals surface area contributed by atoms with Crippen molar-refractivity contribution in [2.75, 3.05) is 13.1 Å². The van der Waals surface area contributed by atoms with E-state index in [1.165, 1.54) is 5.56 Å². The standard InChI is InChI=1S/C22H29N3O2/c1-22(2,3)27-21(26)25-14-11-18(12-15-25)24-16-20-19(10-7-13-23-20)17-8-5-4-6-9-17/h4-10,13,18,24H,11-12,14-16H2,1-3H3. The largest absolute Gasteiger partial charge is 0.444 e. The number of amides is 1. The number of pyridine rings is 1. The first-order chi connectivity index (χ1) is 12.9. The molecule has 5 heteroatoms. The molecule has 1 aromatic carbocycles. The van der Waals surface area contributed by atoms with Crippen LogP contribution < -0.4 is 5.32 Å². The van der Waals surface area contributed by atoms with Gasteiger partial charge in [0.2, 0.25) is 0 Å². The van der Waals surface area contributed by atoms with E-state index in [4.69, 9.17) is 4.74 Å². The third-order valence-electron chi connectivity index (χ3n) is 4.68. The van der Waals surface area contributed by atoms with Crippen LogP contribution in [0.25, 0.3) is 11.1 Å². The second-order valence-electron chi connectivity index (χ2n) is 7.99. The predicted molar refractivity (Wildman–Crippen MR) is 107 cm³/mol. The number of carbonyl (C=O) groups excluding carboxylic acids is 1. The minimum absolute atomic E-state index is 0.211. The normalized spacial score (nSPS) is 15.6. The topological polar surface area (TPSA) is 54.5 Å². The van der Waals surface area contributed by atoms with Gasteiger partial charge in [-0.05, 0) is 45.2 Å². The van der Waals surface area contributed by atoms with E-state index >= 15 is 0 Å². The Bertz CT molecular complexity index is 748. The average molecular weight is 367 g/mol. The number of aromatic nitrogens is 1. The van der Waals surface area contributed by atoms with Crippen LogP contribution in [0, 0.1) is 0 Å². The van der Waals surface area contributed by atoms with E-state index in [0.717, 1.165) is 43.7 Å². The summed E-state index contributed by atoms with van der Waals surface area (Å²) in [6.07, 6.45) is 3.48. The number of hydrogen-bond donors (Lipinski definition) is 1. The Labute approximate surface area is 161 Å². The van der Waals surface area contributed by atoms with E-state index in [0.29, 0.717) is 6.04 Å². The maximum absolute atomic E-state index is 12.2. The maximum atomic E-state index is 12.2. The van der Waals surface area contributed by atoms with Gasteiger partial charge in [0.15, 0.2) is 0 Å². The van der Waals surface area contributed by atoms with Gasteiger partial charge < -0.3 is 15.0 Å². The second kappa shape index (κ2) is 8.53. The molecular formula is C22H29N3O2. The predicted octanol–water partition coefficient (Wildman–Crippen LogP) is 4.24. The van der Waals surface area contributed by atoms with Crippen LogP contribution >= 0.6 is 0 Å². The van der Waals surface area contributed by atoms with E-state index in [2.05, 4.69) is 28.5 Å². The molecule has 27 heavy (non-hydrogen) atoms. The van der Waals surface area contributed by atoms with E-state index in [1.54, 1.807) is 4.90 Å². The highest BCUT2D eigenvalue weighted by atomic mass is 16.6. The van der Waals surface area contributed by atoms with Crippen LogP contribution in [0.1, 0.15) is 39.3 Å². The van der Waals surface area contributed by atoms with E-state index in [9.17, 15) is 4.79 Å². The number of carbonyl (C=O) groups is 1. The number of likely N-dealkylation sites (tertiary alicyclic amines) is 1. The lowest BCUT2D eigenvalue weighted by atomic mass is 10.0. The van der Waals surface area contributed by atoms with Crippen molar-refractivity contribution in [1.82, 2.24) is 15.2 Å². The first-order valence-electron chi connectivity index (χ1n) is 9.63. The third kappa shape index (κ3) is 5.54. The molecule has 0 spiro atoms. The van der Waals surface area contributed by atoms with Crippen LogP contribution in [0.4, 0.5) is 4.79 Å². The maximum Gasteiger partial charge on any atom is 0.410 e. The summed E-state index contributed by atoms with van der Waals surface area (Å²) in [5, 5.41) is 3.61. The Morgan fingerprint density at radius 2 is 1.85 bits per heavy atom. The van der Waals surface area contributed by atoms with Gasteiger partial charge in [-0.2, -0.15) is 0 Å². The number of nitrogens with one attached hydrogen (secondary N) is 1. The molecule has 144 valence electrons. The zero-order valence-corrected chi connectivity index (χ0v) is 16.4. The van der Waals surface area contributed by atoms with E-state index in [1.807, 2.05) is 51.2 Å². The number of ether oxygens (including phenoxy) is 1. The monoisotopic (exact) mass is 367 g/mol. The molecule has 0 saturated carbocycles. The summed E-state index contributed by atoms with van der Waals surface area (Å²) in [4.78, 5) is 18.6. The Balaban J connectivity index is 1.54. The molecule has 3 rings (SSSR count). The highest BCUT2D eigenvalue weighted by Crippen LogP contribution is 2.22. The Morgan fingerprint density at radius 1 is 1.15 bits per heavy atom. The van der Waals surface area contributed by atoms with Crippen LogP contribution in [0.3, 0.4) is 0 Å². The molecule has 2 aromatic rings. The van der Waals surface area contributed by atoms with Crippen molar-refractivity contribution in [1.29, 1.82) is 0 Å². The van der Waals surface area contributed by atoms with Gasteiger partial charge in [0.05, 0.1) is 5.69 Å². The van der Waals surface area contributed by atoms with Gasteiger partial charge in [0.1, 0.15) is 5.60 Å². The van der Waals surface area contributed by atoms with Crippen LogP contribution in [-0.4, -0.2) is 40.7 Å². The molecule has 2 heterocycles. The molecular weight excluding hydrogens is 338 g/mol. The number of benzene rings is 1. The SMILES string of the molecule is CC(C)(C)OC(=O)N1CCC(NCc2ncccc2-c2ccccc2)CC1. The van der Waals surface area contributed by atoms with Gasteiger partial charge in [-0.15, -0.1) is 0 Å². The fourth-order valence-corrected chi connectivity index (χ4v) is 3.29. The summed E-state index contributed by atoms with van der Waals surface area (Å²) in [5.41, 5.74) is 2.95. The molecule has 1 aliphatic rings. The number of rotatable bonds is 4. The smallest absolute Gasteiger partial charge is 0.410 e. The molecule has 0 radical (unpaired) electrons. The zero-order chi connectivity index (χ0) is 19.3. The number of hydrogen-bond acceptors (Lipinski definition) is 4. The fraction of sp³-hybridized carbons (Fsp3) is 0.455. The quantitative estimate of drug-likeness (QED) is 0.878. The third-order valence-corrected chi connectivity index (χ3v) is 4.68. The molecule has 0 atom stereocenters. The summed E-state index contributed by atoms with van der Waals surface area (Å²) in [5.74, 6) is 0. The fourth-order valence-electron chi connectivity index (χ4n) is 3.29. The van der Waals surface area contributed by atoms with Crippen molar-refractivity contribution in [3.8, 4) is 11.1 Å². The van der Waals surface area contributed by atoms with Crippen molar-refractivity contribution in [2.24, 2.45) is 0 Å². The minimum Gasteiger partial charge on any atom is -0.444 e. The zero-order valence-electron chi connectivity index (χ0n) is 16.4. The average Bonchev–Trinajstić information content (AvgIpc) is 2.66. The molecule has 1 saturated heterocycles. The van der Waals surface area contributed by atoms with Gasteiger partial charge in [-0.1, -0.05) is 36.4 Å². The first-order valence-corrected chi connectivity index (χ1v) is 9.63. The molecule has 1 fully saturated rings. The van der Waals surface area contributed by atoms with Gasteiger partial charge in [-0.3, -0.25) is 4.98 Å². The summed E-state index contributed by atoms with van der Waals surface area (Å²) in [7, 11) is 0. The summed E-state index contributed by atoms with van der Waals surface area (Å²) >= 11 is 0. The molecule has 1 aliphatic heterocycles. The molecule has 1 aromatic heterocycles.